The van der Waals surface area contributed by atoms with Gasteiger partial charge in [0.1, 0.15) is 5.82 Å². The Morgan fingerprint density at radius 1 is 1.18 bits per heavy atom. The van der Waals surface area contributed by atoms with E-state index >= 15 is 0 Å². The largest absolute Gasteiger partial charge is 0.395 e. The predicted octanol–water partition coefficient (Wildman–Crippen LogP) is 2.39. The van der Waals surface area contributed by atoms with E-state index in [0.717, 1.165) is 38.9 Å². The zero-order valence-corrected chi connectivity index (χ0v) is 10.1. The number of likely N-dealkylation sites (tertiary alicyclic amines) is 1. The molecule has 1 aromatic carbocycles. The molecule has 1 fully saturated rings. The number of hydrogen-bond donors (Lipinski definition) is 1. The zero-order valence-electron chi connectivity index (χ0n) is 10.1. The molecule has 0 aliphatic carbocycles. The molecule has 0 spiro atoms. The Morgan fingerprint density at radius 3 is 2.65 bits per heavy atom. The summed E-state index contributed by atoms with van der Waals surface area (Å²) in [6.45, 7) is 3.11. The van der Waals surface area contributed by atoms with Crippen molar-refractivity contribution in [2.45, 2.75) is 25.2 Å². The number of aliphatic hydroxyl groups excluding tert-OH is 1. The number of β-amino-alcohol motifs (C(OH)–C–C–N with tert-alkyl or cyclic N) is 1. The van der Waals surface area contributed by atoms with Crippen LogP contribution in [0.1, 0.15) is 30.7 Å². The van der Waals surface area contributed by atoms with E-state index in [1.165, 1.54) is 5.56 Å². The number of benzene rings is 1. The van der Waals surface area contributed by atoms with Crippen molar-refractivity contribution in [2.75, 3.05) is 26.2 Å². The maximum absolute atomic E-state index is 12.9. The maximum atomic E-state index is 12.9. The normalized spacial score (nSPS) is 22.4. The van der Waals surface area contributed by atoms with Crippen LogP contribution in [0.15, 0.2) is 24.3 Å². The zero-order chi connectivity index (χ0) is 12.1. The standard InChI is InChI=1S/C14H20FNO/c15-14-5-3-13(4-6-14)12-2-1-8-16(9-7-12)10-11-17/h3-6,12,17H,1-2,7-11H2/t12-/m0/s1. The van der Waals surface area contributed by atoms with Crippen LogP contribution >= 0.6 is 0 Å². The second kappa shape index (κ2) is 6.12. The van der Waals surface area contributed by atoms with Crippen LogP contribution in [-0.2, 0) is 0 Å². The van der Waals surface area contributed by atoms with Crippen molar-refractivity contribution in [1.82, 2.24) is 4.90 Å². The Balaban J connectivity index is 1.96. The molecule has 2 rings (SSSR count). The van der Waals surface area contributed by atoms with Gasteiger partial charge in [0.15, 0.2) is 0 Å². The van der Waals surface area contributed by atoms with Gasteiger partial charge < -0.3 is 10.0 Å². The lowest BCUT2D eigenvalue weighted by atomic mass is 9.92. The molecule has 0 radical (unpaired) electrons. The van der Waals surface area contributed by atoms with E-state index in [1.807, 2.05) is 12.1 Å². The summed E-state index contributed by atoms with van der Waals surface area (Å²) in [6.07, 6.45) is 3.42. The van der Waals surface area contributed by atoms with E-state index in [1.54, 1.807) is 12.1 Å². The molecule has 0 saturated carbocycles. The average Bonchev–Trinajstić information content (AvgIpc) is 2.56. The highest BCUT2D eigenvalue weighted by Crippen LogP contribution is 2.27. The molecule has 94 valence electrons. The van der Waals surface area contributed by atoms with Gasteiger partial charge in [-0.1, -0.05) is 12.1 Å². The van der Waals surface area contributed by atoms with Gasteiger partial charge >= 0.3 is 0 Å². The van der Waals surface area contributed by atoms with Crippen molar-refractivity contribution >= 4 is 0 Å². The van der Waals surface area contributed by atoms with E-state index < -0.39 is 0 Å². The minimum absolute atomic E-state index is 0.163. The molecule has 3 heteroatoms. The van der Waals surface area contributed by atoms with Gasteiger partial charge in [0.2, 0.25) is 0 Å². The van der Waals surface area contributed by atoms with Gasteiger partial charge in [0, 0.05) is 6.54 Å². The van der Waals surface area contributed by atoms with E-state index in [-0.39, 0.29) is 12.4 Å². The van der Waals surface area contributed by atoms with E-state index in [0.29, 0.717) is 5.92 Å². The van der Waals surface area contributed by atoms with Gasteiger partial charge in [0.05, 0.1) is 6.61 Å². The fraction of sp³-hybridized carbons (Fsp3) is 0.571. The fourth-order valence-electron chi connectivity index (χ4n) is 2.59. The van der Waals surface area contributed by atoms with Crippen LogP contribution in [0.25, 0.3) is 0 Å². The number of hydrogen-bond acceptors (Lipinski definition) is 2. The van der Waals surface area contributed by atoms with Crippen LogP contribution in [0.5, 0.6) is 0 Å². The molecule has 1 N–H and O–H groups in total. The molecule has 17 heavy (non-hydrogen) atoms. The molecule has 1 saturated heterocycles. The minimum atomic E-state index is -0.163. The lowest BCUT2D eigenvalue weighted by molar-refractivity contribution is 0.200. The molecule has 0 bridgehead atoms. The van der Waals surface area contributed by atoms with Crippen molar-refractivity contribution in [3.8, 4) is 0 Å². The first kappa shape index (κ1) is 12.5. The summed E-state index contributed by atoms with van der Waals surface area (Å²) in [7, 11) is 0. The third-order valence-corrected chi connectivity index (χ3v) is 3.58. The highest BCUT2D eigenvalue weighted by molar-refractivity contribution is 5.20. The summed E-state index contributed by atoms with van der Waals surface area (Å²) in [5.74, 6) is 0.378. The quantitative estimate of drug-likeness (QED) is 0.872. The summed E-state index contributed by atoms with van der Waals surface area (Å²) in [6, 6.07) is 6.90. The smallest absolute Gasteiger partial charge is 0.123 e. The van der Waals surface area contributed by atoms with E-state index in [2.05, 4.69) is 4.90 Å². The molecular weight excluding hydrogens is 217 g/mol. The minimum Gasteiger partial charge on any atom is -0.395 e. The van der Waals surface area contributed by atoms with Gasteiger partial charge in [-0.2, -0.15) is 0 Å². The van der Waals surface area contributed by atoms with E-state index in [4.69, 9.17) is 5.11 Å². The second-order valence-electron chi connectivity index (χ2n) is 4.74. The average molecular weight is 237 g/mol. The van der Waals surface area contributed by atoms with Gasteiger partial charge in [-0.05, 0) is 56.0 Å². The maximum Gasteiger partial charge on any atom is 0.123 e. The summed E-state index contributed by atoms with van der Waals surface area (Å²) in [5, 5.41) is 8.94. The number of rotatable bonds is 3. The van der Waals surface area contributed by atoms with Crippen molar-refractivity contribution in [3.63, 3.8) is 0 Å². The van der Waals surface area contributed by atoms with Crippen molar-refractivity contribution in [3.05, 3.63) is 35.6 Å². The molecule has 0 amide bonds. The van der Waals surface area contributed by atoms with Crippen LogP contribution in [0.4, 0.5) is 4.39 Å². The summed E-state index contributed by atoms with van der Waals surface area (Å²) in [4.78, 5) is 2.31. The molecule has 0 unspecified atom stereocenters. The SMILES string of the molecule is OCCN1CCC[C@H](c2ccc(F)cc2)CC1. The Bertz CT molecular complexity index is 339. The summed E-state index contributed by atoms with van der Waals surface area (Å²) >= 11 is 0. The highest BCUT2D eigenvalue weighted by atomic mass is 19.1. The number of aliphatic hydroxyl groups is 1. The topological polar surface area (TPSA) is 23.5 Å². The molecule has 1 heterocycles. The first-order valence-electron chi connectivity index (χ1n) is 6.38. The Hall–Kier alpha value is -0.930. The lowest BCUT2D eigenvalue weighted by Gasteiger charge is -2.18. The molecule has 2 nitrogen and oxygen atoms in total. The molecule has 1 aromatic rings. The van der Waals surface area contributed by atoms with Crippen molar-refractivity contribution in [1.29, 1.82) is 0 Å². The first-order valence-corrected chi connectivity index (χ1v) is 6.38. The van der Waals surface area contributed by atoms with Crippen LogP contribution in [0.2, 0.25) is 0 Å². The van der Waals surface area contributed by atoms with Crippen LogP contribution in [-0.4, -0.2) is 36.2 Å². The van der Waals surface area contributed by atoms with Crippen molar-refractivity contribution in [2.24, 2.45) is 0 Å². The van der Waals surface area contributed by atoms with Gasteiger partial charge in [0.25, 0.3) is 0 Å². The monoisotopic (exact) mass is 237 g/mol. The Morgan fingerprint density at radius 2 is 1.94 bits per heavy atom. The lowest BCUT2D eigenvalue weighted by Crippen LogP contribution is -2.27. The van der Waals surface area contributed by atoms with Gasteiger partial charge in [-0.3, -0.25) is 0 Å². The molecule has 1 aliphatic rings. The second-order valence-corrected chi connectivity index (χ2v) is 4.74. The van der Waals surface area contributed by atoms with Crippen LogP contribution < -0.4 is 0 Å². The van der Waals surface area contributed by atoms with Gasteiger partial charge in [-0.15, -0.1) is 0 Å². The van der Waals surface area contributed by atoms with E-state index in [9.17, 15) is 4.39 Å². The fourth-order valence-corrected chi connectivity index (χ4v) is 2.59. The third-order valence-electron chi connectivity index (χ3n) is 3.58. The third kappa shape index (κ3) is 3.51. The van der Waals surface area contributed by atoms with Crippen LogP contribution in [0, 0.1) is 5.82 Å². The predicted molar refractivity (Wildman–Crippen MR) is 66.5 cm³/mol. The Labute approximate surface area is 102 Å². The Kier molecular flexibility index (Phi) is 4.51. The molecule has 0 aromatic heterocycles. The van der Waals surface area contributed by atoms with Crippen molar-refractivity contribution < 1.29 is 9.50 Å². The molecule has 1 aliphatic heterocycles. The molecular formula is C14H20FNO. The van der Waals surface area contributed by atoms with Gasteiger partial charge in [-0.25, -0.2) is 4.39 Å². The number of nitrogens with zero attached hydrogens (tertiary/aromatic N) is 1. The summed E-state index contributed by atoms with van der Waals surface area (Å²) in [5.41, 5.74) is 1.25. The first-order chi connectivity index (χ1) is 8.29. The highest BCUT2D eigenvalue weighted by Gasteiger charge is 2.17. The molecule has 1 atom stereocenters. The number of halogens is 1. The summed E-state index contributed by atoms with van der Waals surface area (Å²) < 4.78 is 12.9. The van der Waals surface area contributed by atoms with Crippen LogP contribution in [0.3, 0.4) is 0 Å².